The van der Waals surface area contributed by atoms with Crippen LogP contribution in [0.2, 0.25) is 0 Å². The van der Waals surface area contributed by atoms with Crippen LogP contribution >= 0.6 is 15.2 Å². The largest absolute Gasteiger partial charge is 0.479 e. The summed E-state index contributed by atoms with van der Waals surface area (Å²) in [4.78, 5) is 56.3. The minimum Gasteiger partial charge on any atom is -0.479 e. The number of hydrogen-bond acceptors (Lipinski definition) is 6. The molecular weight excluding hydrogens is 446 g/mol. The summed E-state index contributed by atoms with van der Waals surface area (Å²) >= 11 is 0. The van der Waals surface area contributed by atoms with E-state index in [1.807, 2.05) is 13.8 Å². The van der Waals surface area contributed by atoms with Gasteiger partial charge in [0.05, 0.1) is 12.2 Å². The maximum absolute atomic E-state index is 10.8. The number of hydrogen-bond donors (Lipinski definition) is 6. The van der Waals surface area contributed by atoms with Crippen molar-refractivity contribution in [2.45, 2.75) is 76.3 Å². The summed E-state index contributed by atoms with van der Waals surface area (Å²) in [5.41, 5.74) is 0. The van der Waals surface area contributed by atoms with Gasteiger partial charge in [0.1, 0.15) is 0 Å². The topological polar surface area (TPSA) is 208 Å². The first-order valence-electron chi connectivity index (χ1n) is 9.48. The van der Waals surface area contributed by atoms with E-state index < -0.39 is 38.8 Å². The van der Waals surface area contributed by atoms with Gasteiger partial charge >= 0.3 is 27.1 Å². The molecule has 0 heterocycles. The van der Waals surface area contributed by atoms with Crippen LogP contribution in [-0.2, 0) is 28.2 Å². The van der Waals surface area contributed by atoms with E-state index in [0.29, 0.717) is 37.5 Å². The van der Waals surface area contributed by atoms with Crippen LogP contribution in [-0.4, -0.2) is 65.6 Å². The normalized spacial score (nSPS) is 29.0. The minimum absolute atomic E-state index is 0.353. The van der Waals surface area contributed by atoms with Gasteiger partial charge in [-0.3, -0.25) is 9.13 Å². The number of ether oxygens (including phenoxy) is 2. The first-order chi connectivity index (χ1) is 13.6. The lowest BCUT2D eigenvalue weighted by Gasteiger charge is -2.19. The zero-order chi connectivity index (χ0) is 23.3. The van der Waals surface area contributed by atoms with Gasteiger partial charge in [-0.1, -0.05) is 13.8 Å². The van der Waals surface area contributed by atoms with Crippen molar-refractivity contribution in [2.75, 3.05) is 0 Å². The monoisotopic (exact) mass is 476 g/mol. The molecular formula is C16H30O12P2. The second-order valence-electron chi connectivity index (χ2n) is 7.91. The molecule has 12 nitrogen and oxygen atoms in total. The molecule has 0 bridgehead atoms. The zero-order valence-electron chi connectivity index (χ0n) is 16.7. The molecule has 2 saturated carbocycles. The van der Waals surface area contributed by atoms with Crippen LogP contribution in [0.3, 0.4) is 0 Å². The standard InChI is InChI=1S/2C8H15O6P/c2*1-5-2-3-6(4-5)14-8(7(9)10)15(11,12)13/h2*5-6,8H,2-4H2,1H3,(H,9,10)(H2,11,12,13)/t2*5-,6+,8?/m00/s1. The zero-order valence-corrected chi connectivity index (χ0v) is 18.5. The van der Waals surface area contributed by atoms with Crippen LogP contribution in [0.15, 0.2) is 0 Å². The highest BCUT2D eigenvalue weighted by Crippen LogP contribution is 2.45. The third-order valence-electron chi connectivity index (χ3n) is 4.97. The fraction of sp³-hybridized carbons (Fsp3) is 0.875. The Morgan fingerprint density at radius 2 is 1.03 bits per heavy atom. The molecule has 2 aliphatic carbocycles. The van der Waals surface area contributed by atoms with Crippen molar-refractivity contribution in [1.29, 1.82) is 0 Å². The Labute approximate surface area is 173 Å². The molecule has 176 valence electrons. The summed E-state index contributed by atoms with van der Waals surface area (Å²) < 4.78 is 31.6. The molecule has 30 heavy (non-hydrogen) atoms. The van der Waals surface area contributed by atoms with Gasteiger partial charge in [0.2, 0.25) is 0 Å². The Morgan fingerprint density at radius 3 is 1.20 bits per heavy atom. The Morgan fingerprint density at radius 1 is 0.733 bits per heavy atom. The van der Waals surface area contributed by atoms with Gasteiger partial charge in [-0.2, -0.15) is 0 Å². The molecule has 2 rings (SSSR count). The molecule has 0 radical (unpaired) electrons. The highest BCUT2D eigenvalue weighted by atomic mass is 31.2. The van der Waals surface area contributed by atoms with Crippen LogP contribution in [0, 0.1) is 11.8 Å². The summed E-state index contributed by atoms with van der Waals surface area (Å²) in [6.45, 7) is 3.99. The van der Waals surface area contributed by atoms with Gasteiger partial charge in [-0.05, 0) is 50.4 Å². The average molecular weight is 476 g/mol. The minimum atomic E-state index is -4.73. The fourth-order valence-electron chi connectivity index (χ4n) is 3.48. The maximum Gasteiger partial charge on any atom is 0.365 e. The van der Waals surface area contributed by atoms with Crippen LogP contribution in [0.4, 0.5) is 0 Å². The van der Waals surface area contributed by atoms with Crippen molar-refractivity contribution in [2.24, 2.45) is 11.8 Å². The van der Waals surface area contributed by atoms with Crippen LogP contribution in [0.1, 0.15) is 52.4 Å². The van der Waals surface area contributed by atoms with Crippen LogP contribution in [0.5, 0.6) is 0 Å². The Kier molecular flexibility index (Phi) is 10.1. The van der Waals surface area contributed by atoms with E-state index in [1.165, 1.54) is 0 Å². The van der Waals surface area contributed by atoms with Crippen molar-refractivity contribution in [3.05, 3.63) is 0 Å². The maximum atomic E-state index is 10.8. The van der Waals surface area contributed by atoms with E-state index in [2.05, 4.69) is 0 Å². The predicted octanol–water partition coefficient (Wildman–Crippen LogP) is 1.56. The number of carboxylic acids is 2. The number of rotatable bonds is 8. The lowest BCUT2D eigenvalue weighted by Crippen LogP contribution is -2.28. The van der Waals surface area contributed by atoms with Gasteiger partial charge in [0.15, 0.2) is 0 Å². The highest BCUT2D eigenvalue weighted by Gasteiger charge is 2.41. The van der Waals surface area contributed by atoms with Gasteiger partial charge < -0.3 is 39.3 Å². The molecule has 0 spiro atoms. The number of carboxylic acid groups (broad SMARTS) is 2. The van der Waals surface area contributed by atoms with Gasteiger partial charge in [0.25, 0.3) is 11.7 Å². The van der Waals surface area contributed by atoms with Crippen molar-refractivity contribution in [3.63, 3.8) is 0 Å². The molecule has 2 fully saturated rings. The number of aliphatic carboxylic acids is 2. The second kappa shape index (κ2) is 11.2. The van der Waals surface area contributed by atoms with E-state index in [-0.39, 0.29) is 12.2 Å². The van der Waals surface area contributed by atoms with Gasteiger partial charge in [-0.15, -0.1) is 0 Å². The van der Waals surface area contributed by atoms with Crippen molar-refractivity contribution >= 4 is 27.1 Å². The first-order valence-corrected chi connectivity index (χ1v) is 12.8. The molecule has 0 aromatic carbocycles. The van der Waals surface area contributed by atoms with Crippen LogP contribution < -0.4 is 0 Å². The molecule has 0 saturated heterocycles. The summed E-state index contributed by atoms with van der Waals surface area (Å²) in [6, 6.07) is 0. The summed E-state index contributed by atoms with van der Waals surface area (Å²) in [5, 5.41) is 17.2. The molecule has 14 heteroatoms. The van der Waals surface area contributed by atoms with Crippen molar-refractivity contribution in [1.82, 2.24) is 0 Å². The molecule has 6 atom stereocenters. The molecule has 2 aliphatic rings. The van der Waals surface area contributed by atoms with Gasteiger partial charge in [0, 0.05) is 0 Å². The molecule has 0 aliphatic heterocycles. The lowest BCUT2D eigenvalue weighted by molar-refractivity contribution is -0.149. The molecule has 2 unspecified atom stereocenters. The first kappa shape index (κ1) is 27.2. The second-order valence-corrected chi connectivity index (χ2v) is 11.2. The van der Waals surface area contributed by atoms with Crippen molar-refractivity contribution < 1.29 is 58.0 Å². The smallest absolute Gasteiger partial charge is 0.365 e. The molecule has 0 aromatic rings. The summed E-state index contributed by atoms with van der Waals surface area (Å²) in [7, 11) is -9.45. The summed E-state index contributed by atoms with van der Waals surface area (Å²) in [5.74, 6) is -6.42. The number of carbonyl (C=O) groups is 2. The Hall–Kier alpha value is -0.840. The van der Waals surface area contributed by atoms with Crippen molar-refractivity contribution in [3.8, 4) is 0 Å². The Balaban J connectivity index is 0.000000300. The predicted molar refractivity (Wildman–Crippen MR) is 103 cm³/mol. The molecule has 6 N–H and O–H groups in total. The van der Waals surface area contributed by atoms with Crippen LogP contribution in [0.25, 0.3) is 0 Å². The third kappa shape index (κ3) is 9.11. The lowest BCUT2D eigenvalue weighted by atomic mass is 10.1. The SMILES string of the molecule is C[C@H]1CC[C@@H](OC(C(=O)O)P(=O)(O)O)C1.C[C@H]1CC[C@@H](OC(C(=O)O)P(=O)(O)O)C1. The van der Waals surface area contributed by atoms with Gasteiger partial charge in [-0.25, -0.2) is 9.59 Å². The quantitative estimate of drug-likeness (QED) is 0.276. The van der Waals surface area contributed by atoms with E-state index in [9.17, 15) is 18.7 Å². The summed E-state index contributed by atoms with van der Waals surface area (Å²) in [6.07, 6.45) is 3.72. The average Bonchev–Trinajstić information content (AvgIpc) is 3.16. The van der Waals surface area contributed by atoms with E-state index in [1.54, 1.807) is 0 Å². The molecule has 0 aromatic heterocycles. The third-order valence-corrected chi connectivity index (χ3v) is 6.88. The Bertz CT molecular complexity index is 628. The fourth-order valence-corrected chi connectivity index (χ4v) is 4.72. The van der Waals surface area contributed by atoms with E-state index >= 15 is 0 Å². The highest BCUT2D eigenvalue weighted by molar-refractivity contribution is 7.53. The molecule has 0 amide bonds. The van der Waals surface area contributed by atoms with E-state index in [0.717, 1.165) is 12.8 Å². The van der Waals surface area contributed by atoms with E-state index in [4.69, 9.17) is 39.3 Å².